The molecule has 0 fully saturated rings. The highest BCUT2D eigenvalue weighted by molar-refractivity contribution is 14.1. The smallest absolute Gasteiger partial charge is 0.0364 e. The van der Waals surface area contributed by atoms with Gasteiger partial charge in [-0.15, -0.1) is 0 Å². The van der Waals surface area contributed by atoms with Crippen LogP contribution in [0.5, 0.6) is 0 Å². The Labute approximate surface area is 128 Å². The van der Waals surface area contributed by atoms with E-state index >= 15 is 0 Å². The molecule has 0 aliphatic heterocycles. The molecule has 0 amide bonds. The molecule has 1 heterocycles. The summed E-state index contributed by atoms with van der Waals surface area (Å²) in [5, 5.41) is 3.57. The number of aryl methyl sites for hydroxylation is 1. The van der Waals surface area contributed by atoms with Crippen LogP contribution in [0.4, 0.5) is 0 Å². The van der Waals surface area contributed by atoms with Gasteiger partial charge in [0.15, 0.2) is 0 Å². The Morgan fingerprint density at radius 3 is 2.58 bits per heavy atom. The van der Waals surface area contributed by atoms with Gasteiger partial charge in [0.2, 0.25) is 0 Å². The van der Waals surface area contributed by atoms with E-state index in [-0.39, 0.29) is 0 Å². The Bertz CT molecular complexity index is 523. The van der Waals surface area contributed by atoms with Gasteiger partial charge in [-0.3, -0.25) is 4.98 Å². The zero-order chi connectivity index (χ0) is 13.7. The monoisotopic (exact) mass is 366 g/mol. The molecule has 2 rings (SSSR count). The van der Waals surface area contributed by atoms with E-state index in [9.17, 15) is 0 Å². The Kier molecular flexibility index (Phi) is 5.34. The highest BCUT2D eigenvalue weighted by atomic mass is 127. The molecule has 1 atom stereocenters. The molecular weight excluding hydrogens is 347 g/mol. The number of nitrogens with zero attached hydrogens (tertiary/aromatic N) is 1. The van der Waals surface area contributed by atoms with E-state index in [1.807, 2.05) is 12.4 Å². The van der Waals surface area contributed by atoms with Gasteiger partial charge in [0.05, 0.1) is 0 Å². The van der Waals surface area contributed by atoms with Crippen molar-refractivity contribution in [3.8, 4) is 0 Å². The molecule has 1 aromatic heterocycles. The van der Waals surface area contributed by atoms with E-state index in [2.05, 4.69) is 77.1 Å². The number of pyridine rings is 1. The summed E-state index contributed by atoms with van der Waals surface area (Å²) in [5.74, 6) is 0. The van der Waals surface area contributed by atoms with E-state index in [1.165, 1.54) is 20.3 Å². The van der Waals surface area contributed by atoms with Gasteiger partial charge in [0, 0.05) is 22.0 Å². The topological polar surface area (TPSA) is 24.9 Å². The van der Waals surface area contributed by atoms with Gasteiger partial charge >= 0.3 is 0 Å². The maximum atomic E-state index is 4.18. The SMILES string of the molecule is CCNC(Cc1ccc(I)cc1)c1ccncc1C. The normalized spacial score (nSPS) is 12.4. The van der Waals surface area contributed by atoms with E-state index in [0.29, 0.717) is 6.04 Å². The predicted molar refractivity (Wildman–Crippen MR) is 88.3 cm³/mol. The Morgan fingerprint density at radius 1 is 1.21 bits per heavy atom. The molecule has 2 aromatic rings. The van der Waals surface area contributed by atoms with Crippen LogP contribution in [0.3, 0.4) is 0 Å². The number of hydrogen-bond acceptors (Lipinski definition) is 2. The molecular formula is C16H19IN2. The molecule has 0 spiro atoms. The van der Waals surface area contributed by atoms with Crippen molar-refractivity contribution in [3.05, 3.63) is 63.0 Å². The van der Waals surface area contributed by atoms with Crippen LogP contribution >= 0.6 is 22.6 Å². The van der Waals surface area contributed by atoms with Crippen molar-refractivity contribution in [2.45, 2.75) is 26.3 Å². The van der Waals surface area contributed by atoms with Gasteiger partial charge < -0.3 is 5.32 Å². The average molecular weight is 366 g/mol. The summed E-state index contributed by atoms with van der Waals surface area (Å²) in [6, 6.07) is 11.2. The first-order chi connectivity index (χ1) is 9.20. The van der Waals surface area contributed by atoms with Gasteiger partial charge in [-0.2, -0.15) is 0 Å². The summed E-state index contributed by atoms with van der Waals surface area (Å²) in [6.45, 7) is 5.24. The zero-order valence-electron chi connectivity index (χ0n) is 11.4. The van der Waals surface area contributed by atoms with Crippen molar-refractivity contribution >= 4 is 22.6 Å². The summed E-state index contributed by atoms with van der Waals surface area (Å²) < 4.78 is 1.28. The molecule has 1 unspecified atom stereocenters. The lowest BCUT2D eigenvalue weighted by Crippen LogP contribution is -2.23. The van der Waals surface area contributed by atoms with Crippen molar-refractivity contribution in [1.29, 1.82) is 0 Å². The second-order valence-electron chi connectivity index (χ2n) is 4.67. The molecule has 0 radical (unpaired) electrons. The van der Waals surface area contributed by atoms with Crippen LogP contribution in [0.2, 0.25) is 0 Å². The van der Waals surface area contributed by atoms with Gasteiger partial charge in [-0.1, -0.05) is 19.1 Å². The molecule has 19 heavy (non-hydrogen) atoms. The predicted octanol–water partition coefficient (Wildman–Crippen LogP) is 3.89. The first-order valence-electron chi connectivity index (χ1n) is 6.59. The Balaban J connectivity index is 2.21. The summed E-state index contributed by atoms with van der Waals surface area (Å²) in [7, 11) is 0. The number of hydrogen-bond donors (Lipinski definition) is 1. The molecule has 0 aliphatic rings. The first-order valence-corrected chi connectivity index (χ1v) is 7.67. The van der Waals surface area contributed by atoms with E-state index in [1.54, 1.807) is 0 Å². The lowest BCUT2D eigenvalue weighted by Gasteiger charge is -2.20. The number of rotatable bonds is 5. The second-order valence-corrected chi connectivity index (χ2v) is 5.92. The fourth-order valence-electron chi connectivity index (χ4n) is 2.27. The minimum Gasteiger partial charge on any atom is -0.310 e. The quantitative estimate of drug-likeness (QED) is 0.813. The van der Waals surface area contributed by atoms with Crippen molar-refractivity contribution < 1.29 is 0 Å². The number of benzene rings is 1. The lowest BCUT2D eigenvalue weighted by molar-refractivity contribution is 0.546. The summed E-state index contributed by atoms with van der Waals surface area (Å²) >= 11 is 2.34. The van der Waals surface area contributed by atoms with E-state index in [4.69, 9.17) is 0 Å². The van der Waals surface area contributed by atoms with Crippen molar-refractivity contribution in [2.24, 2.45) is 0 Å². The molecule has 0 saturated heterocycles. The van der Waals surface area contributed by atoms with Crippen LogP contribution < -0.4 is 5.32 Å². The highest BCUT2D eigenvalue weighted by Crippen LogP contribution is 2.21. The Morgan fingerprint density at radius 2 is 1.95 bits per heavy atom. The van der Waals surface area contributed by atoms with Crippen LogP contribution in [0.15, 0.2) is 42.7 Å². The molecule has 3 heteroatoms. The minimum atomic E-state index is 0.355. The van der Waals surface area contributed by atoms with Crippen LogP contribution in [0.1, 0.15) is 29.7 Å². The van der Waals surface area contributed by atoms with Gasteiger partial charge in [0.1, 0.15) is 0 Å². The number of likely N-dealkylation sites (N-methyl/N-ethyl adjacent to an activating group) is 1. The van der Waals surface area contributed by atoms with E-state index in [0.717, 1.165) is 13.0 Å². The molecule has 1 aromatic carbocycles. The largest absolute Gasteiger partial charge is 0.310 e. The maximum Gasteiger partial charge on any atom is 0.0364 e. The highest BCUT2D eigenvalue weighted by Gasteiger charge is 2.13. The van der Waals surface area contributed by atoms with Crippen molar-refractivity contribution in [2.75, 3.05) is 6.54 Å². The minimum absolute atomic E-state index is 0.355. The van der Waals surface area contributed by atoms with Gasteiger partial charge in [0.25, 0.3) is 0 Å². The average Bonchev–Trinajstić information content (AvgIpc) is 2.41. The molecule has 100 valence electrons. The summed E-state index contributed by atoms with van der Waals surface area (Å²) in [6.07, 6.45) is 4.82. The van der Waals surface area contributed by atoms with Crippen LogP contribution in [-0.4, -0.2) is 11.5 Å². The van der Waals surface area contributed by atoms with Crippen LogP contribution in [0, 0.1) is 10.5 Å². The van der Waals surface area contributed by atoms with Crippen molar-refractivity contribution in [1.82, 2.24) is 10.3 Å². The fraction of sp³-hybridized carbons (Fsp3) is 0.312. The van der Waals surface area contributed by atoms with E-state index < -0.39 is 0 Å². The standard InChI is InChI=1S/C16H19IN2/c1-3-19-16(15-8-9-18-11-12(15)2)10-13-4-6-14(17)7-5-13/h4-9,11,16,19H,3,10H2,1-2H3. The molecule has 0 aliphatic carbocycles. The first kappa shape index (κ1) is 14.5. The zero-order valence-corrected chi connectivity index (χ0v) is 13.5. The van der Waals surface area contributed by atoms with Crippen molar-refractivity contribution in [3.63, 3.8) is 0 Å². The third kappa shape index (κ3) is 4.01. The number of halogens is 1. The van der Waals surface area contributed by atoms with Gasteiger partial charge in [-0.25, -0.2) is 0 Å². The lowest BCUT2D eigenvalue weighted by atomic mass is 9.97. The number of nitrogens with one attached hydrogen (secondary N) is 1. The summed E-state index contributed by atoms with van der Waals surface area (Å²) in [4.78, 5) is 4.18. The molecule has 0 bridgehead atoms. The van der Waals surface area contributed by atoms with Crippen LogP contribution in [-0.2, 0) is 6.42 Å². The Hall–Kier alpha value is -0.940. The number of aromatic nitrogens is 1. The molecule has 0 saturated carbocycles. The second kappa shape index (κ2) is 7.01. The maximum absolute atomic E-state index is 4.18. The third-order valence-corrected chi connectivity index (χ3v) is 3.96. The molecule has 2 nitrogen and oxygen atoms in total. The molecule has 1 N–H and O–H groups in total. The fourth-order valence-corrected chi connectivity index (χ4v) is 2.63. The summed E-state index contributed by atoms with van der Waals surface area (Å²) in [5.41, 5.74) is 3.96. The van der Waals surface area contributed by atoms with Gasteiger partial charge in [-0.05, 0) is 77.4 Å². The van der Waals surface area contributed by atoms with Crippen LogP contribution in [0.25, 0.3) is 0 Å². The third-order valence-electron chi connectivity index (χ3n) is 3.24.